The van der Waals surface area contributed by atoms with Gasteiger partial charge in [-0.1, -0.05) is 19.9 Å². The predicted octanol–water partition coefficient (Wildman–Crippen LogP) is 1.09. The van der Waals surface area contributed by atoms with Crippen molar-refractivity contribution in [3.8, 4) is 0 Å². The maximum Gasteiger partial charge on any atom is 0.296 e. The molecule has 0 radical (unpaired) electrons. The normalized spacial score (nSPS) is 12.4. The molecule has 9 heteroatoms. The van der Waals surface area contributed by atoms with Gasteiger partial charge < -0.3 is 0 Å². The second-order valence-electron chi connectivity index (χ2n) is 4.83. The van der Waals surface area contributed by atoms with Crippen molar-refractivity contribution in [2.45, 2.75) is 20.3 Å². The molecule has 0 aliphatic heterocycles. The molecule has 0 aliphatic rings. The molecule has 0 aliphatic carbocycles. The van der Waals surface area contributed by atoms with Crippen LogP contribution in [0.15, 0.2) is 24.3 Å². The first-order chi connectivity index (χ1) is 9.07. The average molecular weight is 321 g/mol. The number of hydrogen-bond acceptors (Lipinski definition) is 4. The van der Waals surface area contributed by atoms with Crippen molar-refractivity contribution in [1.82, 2.24) is 0 Å². The van der Waals surface area contributed by atoms with Crippen LogP contribution in [0.1, 0.15) is 20.3 Å². The highest BCUT2D eigenvalue weighted by Gasteiger charge is 2.12. The summed E-state index contributed by atoms with van der Waals surface area (Å²) in [6.07, 6.45) is 0.546. The maximum absolute atomic E-state index is 11.8. The average Bonchev–Trinajstić information content (AvgIpc) is 2.24. The van der Waals surface area contributed by atoms with Crippen LogP contribution in [-0.2, 0) is 20.2 Å². The van der Waals surface area contributed by atoms with Gasteiger partial charge in [0.15, 0.2) is 0 Å². The molecular formula is C11H19N3O4S2. The molecule has 4 N–H and O–H groups in total. The summed E-state index contributed by atoms with van der Waals surface area (Å²) in [6, 6.07) is 5.88. The lowest BCUT2D eigenvalue weighted by Crippen LogP contribution is -2.22. The lowest BCUT2D eigenvalue weighted by atomic mass is 10.2. The second kappa shape index (κ2) is 6.42. The SMILES string of the molecule is CC(C)CCS(=O)(=O)Nc1cccc(NS(N)(=O)=O)c1. The number of hydrogen-bond donors (Lipinski definition) is 3. The van der Waals surface area contributed by atoms with Crippen LogP contribution in [0, 0.1) is 5.92 Å². The molecule has 0 bridgehead atoms. The fourth-order valence-corrected chi connectivity index (χ4v) is 3.26. The monoisotopic (exact) mass is 321 g/mol. The van der Waals surface area contributed by atoms with E-state index in [0.29, 0.717) is 6.42 Å². The van der Waals surface area contributed by atoms with E-state index in [0.717, 1.165) is 0 Å². The highest BCUT2D eigenvalue weighted by Crippen LogP contribution is 2.17. The van der Waals surface area contributed by atoms with E-state index in [-0.39, 0.29) is 23.0 Å². The van der Waals surface area contributed by atoms with Crippen LogP contribution >= 0.6 is 0 Å². The van der Waals surface area contributed by atoms with Crippen molar-refractivity contribution >= 4 is 31.6 Å². The first-order valence-electron chi connectivity index (χ1n) is 5.98. The second-order valence-corrected chi connectivity index (χ2v) is 7.97. The summed E-state index contributed by atoms with van der Waals surface area (Å²) in [5.41, 5.74) is 0.471. The first kappa shape index (κ1) is 16.7. The van der Waals surface area contributed by atoms with Gasteiger partial charge in [-0.2, -0.15) is 8.42 Å². The molecule has 1 aromatic rings. The van der Waals surface area contributed by atoms with Gasteiger partial charge in [-0.05, 0) is 30.5 Å². The third-order valence-electron chi connectivity index (χ3n) is 2.36. The van der Waals surface area contributed by atoms with Crippen LogP contribution < -0.4 is 14.6 Å². The zero-order valence-electron chi connectivity index (χ0n) is 11.3. The van der Waals surface area contributed by atoms with Gasteiger partial charge in [0, 0.05) is 0 Å². The molecule has 114 valence electrons. The van der Waals surface area contributed by atoms with Gasteiger partial charge in [-0.25, -0.2) is 13.6 Å². The summed E-state index contributed by atoms with van der Waals surface area (Å²) in [5, 5.41) is 4.85. The number of nitrogens with one attached hydrogen (secondary N) is 2. The highest BCUT2D eigenvalue weighted by atomic mass is 32.2. The molecule has 0 saturated carbocycles. The number of nitrogens with two attached hydrogens (primary N) is 1. The molecule has 0 amide bonds. The van der Waals surface area contributed by atoms with Crippen molar-refractivity contribution in [3.05, 3.63) is 24.3 Å². The Balaban J connectivity index is 2.80. The largest absolute Gasteiger partial charge is 0.296 e. The summed E-state index contributed by atoms with van der Waals surface area (Å²) in [7, 11) is -7.33. The van der Waals surface area contributed by atoms with Gasteiger partial charge in [0.2, 0.25) is 10.0 Å². The van der Waals surface area contributed by atoms with Crippen molar-refractivity contribution in [3.63, 3.8) is 0 Å². The van der Waals surface area contributed by atoms with Gasteiger partial charge in [-0.3, -0.25) is 9.44 Å². The van der Waals surface area contributed by atoms with Gasteiger partial charge >= 0.3 is 0 Å². The lowest BCUT2D eigenvalue weighted by Gasteiger charge is -2.11. The fourth-order valence-electron chi connectivity index (χ4n) is 1.43. The summed E-state index contributed by atoms with van der Waals surface area (Å²) < 4.78 is 49.9. The maximum atomic E-state index is 11.8. The summed E-state index contributed by atoms with van der Waals surface area (Å²) in [5.74, 6) is 0.291. The quantitative estimate of drug-likeness (QED) is 0.696. The summed E-state index contributed by atoms with van der Waals surface area (Å²) in [6.45, 7) is 3.87. The minimum atomic E-state index is -3.89. The van der Waals surface area contributed by atoms with Gasteiger partial charge in [0.05, 0.1) is 17.1 Å². The standard InChI is InChI=1S/C11H19N3O4S2/c1-9(2)6-7-19(15,16)13-10-4-3-5-11(8-10)14-20(12,17)18/h3-5,8-9,13-14H,6-7H2,1-2H3,(H2,12,17,18). The highest BCUT2D eigenvalue weighted by molar-refractivity contribution is 7.92. The van der Waals surface area contributed by atoms with Crippen LogP contribution in [0.5, 0.6) is 0 Å². The van der Waals surface area contributed by atoms with E-state index < -0.39 is 20.2 Å². The van der Waals surface area contributed by atoms with Crippen LogP contribution in [0.2, 0.25) is 0 Å². The van der Waals surface area contributed by atoms with Gasteiger partial charge in [-0.15, -0.1) is 0 Å². The predicted molar refractivity (Wildman–Crippen MR) is 80.0 cm³/mol. The number of benzene rings is 1. The Kier molecular flexibility index (Phi) is 5.37. The molecule has 0 unspecified atom stereocenters. The Morgan fingerprint density at radius 3 is 2.15 bits per heavy atom. The minimum Gasteiger partial charge on any atom is -0.283 e. The Bertz CT molecular complexity index is 654. The van der Waals surface area contributed by atoms with E-state index in [1.54, 1.807) is 0 Å². The molecular weight excluding hydrogens is 302 g/mol. The van der Waals surface area contributed by atoms with Crippen LogP contribution in [-0.4, -0.2) is 22.6 Å². The van der Waals surface area contributed by atoms with Gasteiger partial charge in [0.25, 0.3) is 10.2 Å². The molecule has 0 heterocycles. The third kappa shape index (κ3) is 6.73. The smallest absolute Gasteiger partial charge is 0.283 e. The molecule has 0 spiro atoms. The fraction of sp³-hybridized carbons (Fsp3) is 0.455. The molecule has 0 atom stereocenters. The third-order valence-corrected chi connectivity index (χ3v) is 4.20. The Hall–Kier alpha value is -1.32. The molecule has 7 nitrogen and oxygen atoms in total. The Morgan fingerprint density at radius 1 is 1.10 bits per heavy atom. The van der Waals surface area contributed by atoms with E-state index >= 15 is 0 Å². The summed E-state index contributed by atoms with van der Waals surface area (Å²) >= 11 is 0. The lowest BCUT2D eigenvalue weighted by molar-refractivity contribution is 0.578. The van der Waals surface area contributed by atoms with E-state index in [1.807, 2.05) is 13.8 Å². The van der Waals surface area contributed by atoms with E-state index in [1.165, 1.54) is 24.3 Å². The molecule has 0 saturated heterocycles. The van der Waals surface area contributed by atoms with E-state index in [9.17, 15) is 16.8 Å². The topological polar surface area (TPSA) is 118 Å². The van der Waals surface area contributed by atoms with Crippen molar-refractivity contribution < 1.29 is 16.8 Å². The number of anilines is 2. The Labute approximate surface area is 119 Å². The van der Waals surface area contributed by atoms with E-state index in [2.05, 4.69) is 9.44 Å². The molecule has 0 aromatic heterocycles. The molecule has 1 aromatic carbocycles. The molecule has 1 rings (SSSR count). The van der Waals surface area contributed by atoms with Crippen molar-refractivity contribution in [1.29, 1.82) is 0 Å². The minimum absolute atomic E-state index is 0.0114. The number of sulfonamides is 1. The Morgan fingerprint density at radius 2 is 1.65 bits per heavy atom. The zero-order valence-corrected chi connectivity index (χ0v) is 13.0. The van der Waals surface area contributed by atoms with Crippen LogP contribution in [0.25, 0.3) is 0 Å². The molecule has 20 heavy (non-hydrogen) atoms. The van der Waals surface area contributed by atoms with Crippen LogP contribution in [0.4, 0.5) is 11.4 Å². The number of rotatable bonds is 7. The van der Waals surface area contributed by atoms with Crippen molar-refractivity contribution in [2.24, 2.45) is 11.1 Å². The zero-order chi connectivity index (χ0) is 15.4. The van der Waals surface area contributed by atoms with Crippen molar-refractivity contribution in [2.75, 3.05) is 15.2 Å². The molecule has 0 fully saturated rings. The van der Waals surface area contributed by atoms with E-state index in [4.69, 9.17) is 5.14 Å². The van der Waals surface area contributed by atoms with Crippen LogP contribution in [0.3, 0.4) is 0 Å². The summed E-state index contributed by atoms with van der Waals surface area (Å²) in [4.78, 5) is 0. The van der Waals surface area contributed by atoms with Gasteiger partial charge in [0.1, 0.15) is 0 Å². The first-order valence-corrected chi connectivity index (χ1v) is 9.18.